The Morgan fingerprint density at radius 3 is 2.95 bits per heavy atom. The molecule has 19 heavy (non-hydrogen) atoms. The van der Waals surface area contributed by atoms with Gasteiger partial charge in [-0.05, 0) is 12.1 Å². The second-order valence-electron chi connectivity index (χ2n) is 3.77. The van der Waals surface area contributed by atoms with Crippen molar-refractivity contribution in [1.29, 1.82) is 0 Å². The maximum atomic E-state index is 10.5. The van der Waals surface area contributed by atoms with Crippen LogP contribution in [0.15, 0.2) is 36.7 Å². The highest BCUT2D eigenvalue weighted by Crippen LogP contribution is 2.22. The van der Waals surface area contributed by atoms with E-state index in [-0.39, 0.29) is 6.54 Å². The van der Waals surface area contributed by atoms with Gasteiger partial charge in [0.2, 0.25) is 0 Å². The van der Waals surface area contributed by atoms with Gasteiger partial charge < -0.3 is 15.2 Å². The molecule has 6 heteroatoms. The molecule has 0 saturated carbocycles. The number of methoxy groups -OCH3 is 1. The van der Waals surface area contributed by atoms with Gasteiger partial charge in [-0.1, -0.05) is 12.1 Å². The standard InChI is InChI=1S/C13H13N3O3/c1-19-10-4-2-3-9(5-10)11-6-12(16-8-15-11)14-7-13(17)18/h2-6,8H,7H2,1H3,(H,17,18)(H,14,15,16). The second kappa shape index (κ2) is 5.81. The predicted octanol–water partition coefficient (Wildman–Crippen LogP) is 1.65. The quantitative estimate of drug-likeness (QED) is 0.849. The second-order valence-corrected chi connectivity index (χ2v) is 3.77. The molecule has 98 valence electrons. The Bertz CT molecular complexity index is 587. The van der Waals surface area contributed by atoms with Gasteiger partial charge in [0.05, 0.1) is 12.8 Å². The number of carbonyl (C=O) groups is 1. The lowest BCUT2D eigenvalue weighted by Crippen LogP contribution is -2.13. The van der Waals surface area contributed by atoms with Gasteiger partial charge in [0, 0.05) is 11.6 Å². The minimum absolute atomic E-state index is 0.186. The average molecular weight is 259 g/mol. The molecule has 0 radical (unpaired) electrons. The molecule has 0 unspecified atom stereocenters. The monoisotopic (exact) mass is 259 g/mol. The van der Waals surface area contributed by atoms with Crippen LogP contribution in [-0.2, 0) is 4.79 Å². The molecule has 0 amide bonds. The molecular formula is C13H13N3O3. The summed E-state index contributed by atoms with van der Waals surface area (Å²) in [7, 11) is 1.60. The first-order chi connectivity index (χ1) is 9.19. The molecule has 1 aromatic heterocycles. The number of aliphatic carboxylic acids is 1. The van der Waals surface area contributed by atoms with Crippen LogP contribution in [0.1, 0.15) is 0 Å². The lowest BCUT2D eigenvalue weighted by atomic mass is 10.1. The molecule has 1 aromatic carbocycles. The van der Waals surface area contributed by atoms with Gasteiger partial charge in [0.15, 0.2) is 0 Å². The largest absolute Gasteiger partial charge is 0.497 e. The molecule has 0 aliphatic heterocycles. The SMILES string of the molecule is COc1cccc(-c2cc(NCC(=O)O)ncn2)c1. The fourth-order valence-electron chi connectivity index (χ4n) is 1.56. The van der Waals surface area contributed by atoms with Crippen LogP contribution in [0, 0.1) is 0 Å². The molecule has 0 atom stereocenters. The summed E-state index contributed by atoms with van der Waals surface area (Å²) in [6.45, 7) is -0.186. The van der Waals surface area contributed by atoms with E-state index < -0.39 is 5.97 Å². The third kappa shape index (κ3) is 3.41. The van der Waals surface area contributed by atoms with Gasteiger partial charge in [-0.3, -0.25) is 4.79 Å². The maximum absolute atomic E-state index is 10.5. The molecule has 2 rings (SSSR count). The first kappa shape index (κ1) is 12.8. The Morgan fingerprint density at radius 1 is 1.37 bits per heavy atom. The molecule has 2 N–H and O–H groups in total. The Labute approximate surface area is 110 Å². The van der Waals surface area contributed by atoms with Crippen LogP contribution in [0.4, 0.5) is 5.82 Å². The molecule has 0 aliphatic rings. The highest BCUT2D eigenvalue weighted by molar-refractivity contribution is 5.73. The topological polar surface area (TPSA) is 84.3 Å². The van der Waals surface area contributed by atoms with Crippen molar-refractivity contribution in [2.75, 3.05) is 19.0 Å². The molecule has 0 bridgehead atoms. The van der Waals surface area contributed by atoms with Gasteiger partial charge in [0.1, 0.15) is 24.4 Å². The number of nitrogens with one attached hydrogen (secondary N) is 1. The zero-order valence-corrected chi connectivity index (χ0v) is 10.3. The summed E-state index contributed by atoms with van der Waals surface area (Å²) in [5, 5.41) is 11.3. The average Bonchev–Trinajstić information content (AvgIpc) is 2.45. The van der Waals surface area contributed by atoms with Crippen LogP contribution in [0.25, 0.3) is 11.3 Å². The van der Waals surface area contributed by atoms with Crippen LogP contribution in [-0.4, -0.2) is 34.7 Å². The fourth-order valence-corrected chi connectivity index (χ4v) is 1.56. The Morgan fingerprint density at radius 2 is 2.21 bits per heavy atom. The summed E-state index contributed by atoms with van der Waals surface area (Å²) >= 11 is 0. The van der Waals surface area contributed by atoms with Gasteiger partial charge in [-0.25, -0.2) is 9.97 Å². The van der Waals surface area contributed by atoms with Crippen molar-refractivity contribution in [3.63, 3.8) is 0 Å². The highest BCUT2D eigenvalue weighted by atomic mass is 16.5. The van der Waals surface area contributed by atoms with Gasteiger partial charge in [-0.15, -0.1) is 0 Å². The zero-order chi connectivity index (χ0) is 13.7. The minimum Gasteiger partial charge on any atom is -0.497 e. The summed E-state index contributed by atoms with van der Waals surface area (Å²) in [6, 6.07) is 9.14. The number of rotatable bonds is 5. The number of ether oxygens (including phenoxy) is 1. The van der Waals surface area contributed by atoms with Crippen molar-refractivity contribution in [3.8, 4) is 17.0 Å². The van der Waals surface area contributed by atoms with E-state index in [1.54, 1.807) is 13.2 Å². The summed E-state index contributed by atoms with van der Waals surface area (Å²) in [6.07, 6.45) is 1.39. The number of hydrogen-bond donors (Lipinski definition) is 2. The number of carboxylic acids is 1. The summed E-state index contributed by atoms with van der Waals surface area (Å²) in [5.74, 6) is 0.257. The number of benzene rings is 1. The van der Waals surface area contributed by atoms with E-state index in [1.165, 1.54) is 6.33 Å². The lowest BCUT2D eigenvalue weighted by Gasteiger charge is -2.06. The first-order valence-electron chi connectivity index (χ1n) is 5.61. The van der Waals surface area contributed by atoms with Crippen LogP contribution >= 0.6 is 0 Å². The van der Waals surface area contributed by atoms with Gasteiger partial charge in [0.25, 0.3) is 0 Å². The van der Waals surface area contributed by atoms with Crippen molar-refractivity contribution < 1.29 is 14.6 Å². The lowest BCUT2D eigenvalue weighted by molar-refractivity contribution is -0.134. The molecule has 0 spiro atoms. The molecule has 6 nitrogen and oxygen atoms in total. The van der Waals surface area contributed by atoms with E-state index in [1.807, 2.05) is 24.3 Å². The van der Waals surface area contributed by atoms with Crippen LogP contribution in [0.2, 0.25) is 0 Å². The molecule has 1 heterocycles. The minimum atomic E-state index is -0.943. The van der Waals surface area contributed by atoms with Crippen LogP contribution in [0.5, 0.6) is 5.75 Å². The summed E-state index contributed by atoms with van der Waals surface area (Å²) in [4.78, 5) is 18.6. The number of aromatic nitrogens is 2. The normalized spacial score (nSPS) is 9.95. The zero-order valence-electron chi connectivity index (χ0n) is 10.3. The third-order valence-corrected chi connectivity index (χ3v) is 2.45. The summed E-state index contributed by atoms with van der Waals surface area (Å²) in [5.41, 5.74) is 1.57. The Kier molecular flexibility index (Phi) is 3.92. The van der Waals surface area contributed by atoms with E-state index in [0.717, 1.165) is 11.3 Å². The maximum Gasteiger partial charge on any atom is 0.322 e. The predicted molar refractivity (Wildman–Crippen MR) is 70.1 cm³/mol. The van der Waals surface area contributed by atoms with Crippen molar-refractivity contribution in [1.82, 2.24) is 9.97 Å². The van der Waals surface area contributed by atoms with Gasteiger partial charge >= 0.3 is 5.97 Å². The van der Waals surface area contributed by atoms with E-state index >= 15 is 0 Å². The number of nitrogens with zero attached hydrogens (tertiary/aromatic N) is 2. The van der Waals surface area contributed by atoms with Crippen LogP contribution < -0.4 is 10.1 Å². The van der Waals surface area contributed by atoms with Crippen LogP contribution in [0.3, 0.4) is 0 Å². The van der Waals surface area contributed by atoms with Crippen molar-refractivity contribution in [2.24, 2.45) is 0 Å². The molecule has 0 fully saturated rings. The highest BCUT2D eigenvalue weighted by Gasteiger charge is 2.04. The third-order valence-electron chi connectivity index (χ3n) is 2.45. The molecule has 0 saturated heterocycles. The Balaban J connectivity index is 2.24. The fraction of sp³-hybridized carbons (Fsp3) is 0.154. The summed E-state index contributed by atoms with van der Waals surface area (Å²) < 4.78 is 5.15. The van der Waals surface area contributed by atoms with E-state index in [4.69, 9.17) is 9.84 Å². The van der Waals surface area contributed by atoms with Crippen molar-refractivity contribution in [2.45, 2.75) is 0 Å². The Hall–Kier alpha value is -2.63. The number of anilines is 1. The first-order valence-corrected chi connectivity index (χ1v) is 5.61. The van der Waals surface area contributed by atoms with Gasteiger partial charge in [-0.2, -0.15) is 0 Å². The molecular weight excluding hydrogens is 246 g/mol. The molecule has 0 aliphatic carbocycles. The number of hydrogen-bond acceptors (Lipinski definition) is 5. The van der Waals surface area contributed by atoms with Crippen molar-refractivity contribution >= 4 is 11.8 Å². The van der Waals surface area contributed by atoms with E-state index in [2.05, 4.69) is 15.3 Å². The van der Waals surface area contributed by atoms with E-state index in [9.17, 15) is 4.79 Å². The molecule has 2 aromatic rings. The van der Waals surface area contributed by atoms with Crippen molar-refractivity contribution in [3.05, 3.63) is 36.7 Å². The smallest absolute Gasteiger partial charge is 0.322 e. The number of carboxylic acid groups (broad SMARTS) is 1. The van der Waals surface area contributed by atoms with E-state index in [0.29, 0.717) is 11.5 Å².